The van der Waals surface area contributed by atoms with Crippen LogP contribution in [0.1, 0.15) is 25.3 Å². The molecular formula is C12H16BrNS. The average Bonchev–Trinajstić information content (AvgIpc) is 2.98. The van der Waals surface area contributed by atoms with Gasteiger partial charge in [-0.3, -0.25) is 0 Å². The molecule has 0 heterocycles. The van der Waals surface area contributed by atoms with Crippen molar-refractivity contribution in [1.29, 1.82) is 0 Å². The van der Waals surface area contributed by atoms with Gasteiger partial charge in [0.05, 0.1) is 0 Å². The molecule has 1 unspecified atom stereocenters. The van der Waals surface area contributed by atoms with E-state index < -0.39 is 0 Å². The van der Waals surface area contributed by atoms with Gasteiger partial charge in [-0.25, -0.2) is 0 Å². The molecular weight excluding hydrogens is 270 g/mol. The fourth-order valence-electron chi connectivity index (χ4n) is 2.12. The molecule has 15 heavy (non-hydrogen) atoms. The van der Waals surface area contributed by atoms with E-state index in [2.05, 4.69) is 47.3 Å². The molecule has 0 bridgehead atoms. The summed E-state index contributed by atoms with van der Waals surface area (Å²) >= 11 is 5.38. The first kappa shape index (κ1) is 11.5. The standard InChI is InChI=1S/C12H16BrNS/c1-8(14)12(5-6-12)9-3-4-11(15-2)10(13)7-9/h3-4,7-8H,5-6,14H2,1-2H3. The lowest BCUT2D eigenvalue weighted by molar-refractivity contribution is 0.556. The highest BCUT2D eigenvalue weighted by Gasteiger charge is 2.47. The summed E-state index contributed by atoms with van der Waals surface area (Å²) in [5, 5.41) is 0. The lowest BCUT2D eigenvalue weighted by Gasteiger charge is -2.20. The van der Waals surface area contributed by atoms with Gasteiger partial charge < -0.3 is 5.73 Å². The number of rotatable bonds is 3. The maximum absolute atomic E-state index is 6.06. The van der Waals surface area contributed by atoms with Crippen LogP contribution in [-0.2, 0) is 5.41 Å². The molecule has 1 aliphatic carbocycles. The molecule has 2 N–H and O–H groups in total. The summed E-state index contributed by atoms with van der Waals surface area (Å²) in [6.07, 6.45) is 4.56. The van der Waals surface area contributed by atoms with Crippen LogP contribution in [0, 0.1) is 0 Å². The van der Waals surface area contributed by atoms with Gasteiger partial charge >= 0.3 is 0 Å². The normalized spacial score (nSPS) is 20.0. The van der Waals surface area contributed by atoms with Crippen LogP contribution in [0.4, 0.5) is 0 Å². The van der Waals surface area contributed by atoms with Crippen molar-refractivity contribution in [2.45, 2.75) is 36.1 Å². The van der Waals surface area contributed by atoms with Crippen LogP contribution in [0.15, 0.2) is 27.6 Å². The molecule has 2 rings (SSSR count). The van der Waals surface area contributed by atoms with Crippen LogP contribution in [0.3, 0.4) is 0 Å². The average molecular weight is 286 g/mol. The summed E-state index contributed by atoms with van der Waals surface area (Å²) in [5.74, 6) is 0. The van der Waals surface area contributed by atoms with Gasteiger partial charge in [0.25, 0.3) is 0 Å². The highest BCUT2D eigenvalue weighted by atomic mass is 79.9. The molecule has 0 aromatic heterocycles. The third-order valence-corrected chi connectivity index (χ3v) is 5.10. The zero-order valence-corrected chi connectivity index (χ0v) is 11.5. The van der Waals surface area contributed by atoms with E-state index in [0.29, 0.717) is 0 Å². The number of nitrogens with two attached hydrogens (primary N) is 1. The number of hydrogen-bond donors (Lipinski definition) is 1. The van der Waals surface area contributed by atoms with Crippen LogP contribution in [0.5, 0.6) is 0 Å². The number of hydrogen-bond acceptors (Lipinski definition) is 2. The van der Waals surface area contributed by atoms with Gasteiger partial charge in [0, 0.05) is 20.8 Å². The van der Waals surface area contributed by atoms with Crippen molar-refractivity contribution < 1.29 is 0 Å². The van der Waals surface area contributed by atoms with Crippen molar-refractivity contribution >= 4 is 27.7 Å². The van der Waals surface area contributed by atoms with Gasteiger partial charge in [0.15, 0.2) is 0 Å². The lowest BCUT2D eigenvalue weighted by atomic mass is 9.90. The zero-order chi connectivity index (χ0) is 11.1. The fourth-order valence-corrected chi connectivity index (χ4v) is 3.44. The van der Waals surface area contributed by atoms with Crippen LogP contribution in [-0.4, -0.2) is 12.3 Å². The quantitative estimate of drug-likeness (QED) is 0.860. The van der Waals surface area contributed by atoms with Gasteiger partial charge in [-0.1, -0.05) is 6.07 Å². The summed E-state index contributed by atoms with van der Waals surface area (Å²) in [5.41, 5.74) is 7.72. The summed E-state index contributed by atoms with van der Waals surface area (Å²) in [6.45, 7) is 2.11. The highest BCUT2D eigenvalue weighted by molar-refractivity contribution is 9.10. The Labute approximate surface area is 104 Å². The van der Waals surface area contributed by atoms with Gasteiger partial charge in [0.1, 0.15) is 0 Å². The van der Waals surface area contributed by atoms with Crippen molar-refractivity contribution in [1.82, 2.24) is 0 Å². The predicted octanol–water partition coefficient (Wildman–Crippen LogP) is 3.55. The molecule has 1 aromatic rings. The molecule has 0 radical (unpaired) electrons. The molecule has 1 atom stereocenters. The molecule has 1 saturated carbocycles. The minimum Gasteiger partial charge on any atom is -0.327 e. The summed E-state index contributed by atoms with van der Waals surface area (Å²) in [7, 11) is 0. The summed E-state index contributed by atoms with van der Waals surface area (Å²) < 4.78 is 1.19. The largest absolute Gasteiger partial charge is 0.327 e. The lowest BCUT2D eigenvalue weighted by Crippen LogP contribution is -2.31. The molecule has 0 amide bonds. The fraction of sp³-hybridized carbons (Fsp3) is 0.500. The van der Waals surface area contributed by atoms with E-state index in [0.717, 1.165) is 0 Å². The Morgan fingerprint density at radius 3 is 2.53 bits per heavy atom. The second kappa shape index (κ2) is 4.11. The summed E-state index contributed by atoms with van der Waals surface area (Å²) in [4.78, 5) is 1.29. The topological polar surface area (TPSA) is 26.0 Å². The Morgan fingerprint density at radius 2 is 2.13 bits per heavy atom. The van der Waals surface area contributed by atoms with Crippen molar-refractivity contribution in [2.24, 2.45) is 5.73 Å². The highest BCUT2D eigenvalue weighted by Crippen LogP contribution is 2.51. The van der Waals surface area contributed by atoms with E-state index in [1.807, 2.05) is 0 Å². The van der Waals surface area contributed by atoms with Gasteiger partial charge in [-0.2, -0.15) is 0 Å². The van der Waals surface area contributed by atoms with Crippen LogP contribution < -0.4 is 5.73 Å². The second-order valence-corrected chi connectivity index (χ2v) is 6.00. The van der Waals surface area contributed by atoms with E-state index in [9.17, 15) is 0 Å². The van der Waals surface area contributed by atoms with E-state index in [1.165, 1.54) is 27.8 Å². The SMILES string of the molecule is CSc1ccc(C2(C(C)N)CC2)cc1Br. The summed E-state index contributed by atoms with van der Waals surface area (Å²) in [6, 6.07) is 6.91. The van der Waals surface area contributed by atoms with Crippen molar-refractivity contribution in [3.05, 3.63) is 28.2 Å². The molecule has 1 fully saturated rings. The van der Waals surface area contributed by atoms with Gasteiger partial charge in [-0.05, 0) is 59.6 Å². The minimum atomic E-state index is 0.254. The first-order chi connectivity index (χ1) is 7.10. The third-order valence-electron chi connectivity index (χ3n) is 3.39. The maximum Gasteiger partial charge on any atom is 0.0314 e. The van der Waals surface area contributed by atoms with Crippen molar-refractivity contribution in [3.63, 3.8) is 0 Å². The van der Waals surface area contributed by atoms with Crippen LogP contribution in [0.2, 0.25) is 0 Å². The number of halogens is 1. The van der Waals surface area contributed by atoms with E-state index in [1.54, 1.807) is 11.8 Å². The van der Waals surface area contributed by atoms with Crippen LogP contribution in [0.25, 0.3) is 0 Å². The number of thioether (sulfide) groups is 1. The first-order valence-electron chi connectivity index (χ1n) is 5.20. The Hall–Kier alpha value is 0.01000. The van der Waals surface area contributed by atoms with Gasteiger partial charge in [-0.15, -0.1) is 11.8 Å². The second-order valence-electron chi connectivity index (χ2n) is 4.29. The van der Waals surface area contributed by atoms with E-state index in [4.69, 9.17) is 5.73 Å². The van der Waals surface area contributed by atoms with E-state index in [-0.39, 0.29) is 11.5 Å². The zero-order valence-electron chi connectivity index (χ0n) is 9.09. The number of benzene rings is 1. The molecule has 1 nitrogen and oxygen atoms in total. The Bertz CT molecular complexity index is 372. The molecule has 0 aliphatic heterocycles. The maximum atomic E-state index is 6.06. The van der Waals surface area contributed by atoms with Gasteiger partial charge in [0.2, 0.25) is 0 Å². The minimum absolute atomic E-state index is 0.254. The Kier molecular flexibility index (Phi) is 3.15. The molecule has 0 saturated heterocycles. The Balaban J connectivity index is 2.35. The monoisotopic (exact) mass is 285 g/mol. The first-order valence-corrected chi connectivity index (χ1v) is 7.21. The van der Waals surface area contributed by atoms with Crippen LogP contribution >= 0.6 is 27.7 Å². The Morgan fingerprint density at radius 1 is 1.47 bits per heavy atom. The molecule has 1 aliphatic rings. The molecule has 1 aromatic carbocycles. The molecule has 82 valence electrons. The smallest absolute Gasteiger partial charge is 0.0314 e. The molecule has 3 heteroatoms. The van der Waals surface area contributed by atoms with Crippen molar-refractivity contribution in [2.75, 3.05) is 6.26 Å². The van der Waals surface area contributed by atoms with Crippen molar-refractivity contribution in [3.8, 4) is 0 Å². The molecule has 0 spiro atoms. The third kappa shape index (κ3) is 1.97. The van der Waals surface area contributed by atoms with E-state index >= 15 is 0 Å². The predicted molar refractivity (Wildman–Crippen MR) is 70.5 cm³/mol.